The number of benzene rings is 2. The van der Waals surface area contributed by atoms with E-state index < -0.39 is 0 Å². The van der Waals surface area contributed by atoms with Crippen LogP contribution in [0.2, 0.25) is 0 Å². The maximum absolute atomic E-state index is 2.26. The second kappa shape index (κ2) is 7.40. The van der Waals surface area contributed by atoms with Gasteiger partial charge in [-0.2, -0.15) is 11.8 Å². The number of thioether (sulfide) groups is 1. The van der Waals surface area contributed by atoms with E-state index in [1.807, 2.05) is 11.8 Å². The highest BCUT2D eigenvalue weighted by Crippen LogP contribution is 2.22. The number of hydrogen-bond donors (Lipinski definition) is 0. The van der Waals surface area contributed by atoms with Crippen molar-refractivity contribution in [3.05, 3.63) is 70.8 Å². The van der Waals surface area contributed by atoms with Crippen molar-refractivity contribution in [3.8, 4) is 0 Å². The van der Waals surface area contributed by atoms with E-state index in [4.69, 9.17) is 0 Å². The molecule has 0 spiro atoms. The first kappa shape index (κ1) is 14.2. The second-order valence-electron chi connectivity index (χ2n) is 4.74. The molecule has 2 rings (SSSR count). The molecule has 0 saturated heterocycles. The summed E-state index contributed by atoms with van der Waals surface area (Å²) in [6.07, 6.45) is 2.25. The summed E-state index contributed by atoms with van der Waals surface area (Å²) in [4.78, 5) is 0. The molecular formula is C18H22S. The van der Waals surface area contributed by atoms with Gasteiger partial charge in [0.1, 0.15) is 0 Å². The molecule has 0 nitrogen and oxygen atoms in total. The van der Waals surface area contributed by atoms with Crippen molar-refractivity contribution in [2.45, 2.75) is 38.2 Å². The Morgan fingerprint density at radius 1 is 0.632 bits per heavy atom. The molecule has 100 valence electrons. The number of rotatable bonds is 6. The summed E-state index contributed by atoms with van der Waals surface area (Å²) < 4.78 is 0. The first-order valence-electron chi connectivity index (χ1n) is 7.06. The monoisotopic (exact) mass is 270 g/mol. The van der Waals surface area contributed by atoms with Gasteiger partial charge in [0.2, 0.25) is 0 Å². The van der Waals surface area contributed by atoms with Crippen molar-refractivity contribution < 1.29 is 0 Å². The van der Waals surface area contributed by atoms with Crippen LogP contribution in [0.1, 0.15) is 36.1 Å². The molecule has 0 aliphatic carbocycles. The van der Waals surface area contributed by atoms with E-state index in [1.54, 1.807) is 0 Å². The Morgan fingerprint density at radius 3 is 1.37 bits per heavy atom. The number of hydrogen-bond acceptors (Lipinski definition) is 1. The molecule has 0 atom stereocenters. The van der Waals surface area contributed by atoms with E-state index in [1.165, 1.54) is 22.3 Å². The van der Waals surface area contributed by atoms with Crippen LogP contribution in [0, 0.1) is 0 Å². The van der Waals surface area contributed by atoms with Gasteiger partial charge in [0, 0.05) is 11.5 Å². The predicted molar refractivity (Wildman–Crippen MR) is 86.6 cm³/mol. The minimum Gasteiger partial charge on any atom is -0.152 e. The van der Waals surface area contributed by atoms with E-state index in [2.05, 4.69) is 62.4 Å². The molecule has 0 fully saturated rings. The van der Waals surface area contributed by atoms with Gasteiger partial charge in [0.25, 0.3) is 0 Å². The zero-order valence-electron chi connectivity index (χ0n) is 11.9. The molecule has 0 aromatic heterocycles. The zero-order chi connectivity index (χ0) is 13.5. The lowest BCUT2D eigenvalue weighted by atomic mass is 10.1. The summed E-state index contributed by atoms with van der Waals surface area (Å²) in [5.41, 5.74) is 5.95. The minimum atomic E-state index is 1.11. The third-order valence-electron chi connectivity index (χ3n) is 3.51. The summed E-state index contributed by atoms with van der Waals surface area (Å²) in [6.45, 7) is 4.46. The normalized spacial score (nSPS) is 10.6. The van der Waals surface area contributed by atoms with Crippen LogP contribution in [0.25, 0.3) is 0 Å². The summed E-state index contributed by atoms with van der Waals surface area (Å²) in [6, 6.07) is 17.6. The van der Waals surface area contributed by atoms with Crippen molar-refractivity contribution >= 4 is 11.8 Å². The van der Waals surface area contributed by atoms with Crippen LogP contribution >= 0.6 is 11.8 Å². The van der Waals surface area contributed by atoms with Gasteiger partial charge in [0.15, 0.2) is 0 Å². The molecule has 2 aromatic rings. The van der Waals surface area contributed by atoms with Crippen LogP contribution in [0.5, 0.6) is 0 Å². The third kappa shape index (κ3) is 3.87. The van der Waals surface area contributed by atoms with E-state index in [9.17, 15) is 0 Å². The van der Waals surface area contributed by atoms with Crippen LogP contribution < -0.4 is 0 Å². The van der Waals surface area contributed by atoms with Crippen molar-refractivity contribution in [2.24, 2.45) is 0 Å². The molecule has 0 heterocycles. The predicted octanol–water partition coefficient (Wildman–Crippen LogP) is 5.24. The Balaban J connectivity index is 1.96. The molecule has 19 heavy (non-hydrogen) atoms. The Morgan fingerprint density at radius 2 is 1.00 bits per heavy atom. The number of aryl methyl sites for hydroxylation is 2. The highest BCUT2D eigenvalue weighted by molar-refractivity contribution is 7.97. The Labute approximate surface area is 121 Å². The molecule has 0 aliphatic rings. The lowest BCUT2D eigenvalue weighted by molar-refractivity contribution is 1.09. The average molecular weight is 270 g/mol. The van der Waals surface area contributed by atoms with Gasteiger partial charge >= 0.3 is 0 Å². The van der Waals surface area contributed by atoms with Crippen molar-refractivity contribution in [3.63, 3.8) is 0 Å². The lowest BCUT2D eigenvalue weighted by Crippen LogP contribution is -1.93. The van der Waals surface area contributed by atoms with E-state index in [0.29, 0.717) is 0 Å². The molecule has 0 radical (unpaired) electrons. The van der Waals surface area contributed by atoms with Crippen molar-refractivity contribution in [1.29, 1.82) is 0 Å². The largest absolute Gasteiger partial charge is 0.152 e. The Hall–Kier alpha value is -1.21. The van der Waals surface area contributed by atoms with Gasteiger partial charge in [-0.25, -0.2) is 0 Å². The van der Waals surface area contributed by atoms with E-state index in [0.717, 1.165) is 24.3 Å². The van der Waals surface area contributed by atoms with Gasteiger partial charge in [-0.3, -0.25) is 0 Å². The lowest BCUT2D eigenvalue weighted by Gasteiger charge is -2.09. The molecule has 0 unspecified atom stereocenters. The standard InChI is InChI=1S/C18H22S/c1-3-15-9-5-7-11-17(15)13-19-14-18-12-8-6-10-16(18)4-2/h5-12H,3-4,13-14H2,1-2H3. The minimum absolute atomic E-state index is 1.11. The summed E-state index contributed by atoms with van der Waals surface area (Å²) in [7, 11) is 0. The van der Waals surface area contributed by atoms with Gasteiger partial charge in [-0.15, -0.1) is 0 Å². The average Bonchev–Trinajstić information content (AvgIpc) is 2.48. The molecular weight excluding hydrogens is 248 g/mol. The SMILES string of the molecule is CCc1ccccc1CSCc1ccccc1CC. The molecule has 0 saturated carbocycles. The fourth-order valence-electron chi connectivity index (χ4n) is 2.36. The fourth-order valence-corrected chi connectivity index (χ4v) is 3.46. The molecule has 0 aliphatic heterocycles. The molecule has 0 N–H and O–H groups in total. The van der Waals surface area contributed by atoms with E-state index >= 15 is 0 Å². The second-order valence-corrected chi connectivity index (χ2v) is 5.72. The topological polar surface area (TPSA) is 0 Å². The Kier molecular flexibility index (Phi) is 5.53. The molecule has 1 heteroatoms. The Bertz CT molecular complexity index is 469. The van der Waals surface area contributed by atoms with E-state index in [-0.39, 0.29) is 0 Å². The van der Waals surface area contributed by atoms with Crippen LogP contribution in [0.4, 0.5) is 0 Å². The van der Waals surface area contributed by atoms with Crippen LogP contribution in [-0.4, -0.2) is 0 Å². The smallest absolute Gasteiger partial charge is 0.0190 e. The first-order valence-corrected chi connectivity index (χ1v) is 8.22. The maximum Gasteiger partial charge on any atom is 0.0190 e. The van der Waals surface area contributed by atoms with Gasteiger partial charge < -0.3 is 0 Å². The van der Waals surface area contributed by atoms with Gasteiger partial charge in [-0.1, -0.05) is 62.4 Å². The van der Waals surface area contributed by atoms with Crippen LogP contribution in [0.15, 0.2) is 48.5 Å². The summed E-state index contributed by atoms with van der Waals surface area (Å²) >= 11 is 2.02. The molecule has 0 bridgehead atoms. The highest BCUT2D eigenvalue weighted by Gasteiger charge is 2.02. The zero-order valence-corrected chi connectivity index (χ0v) is 12.7. The maximum atomic E-state index is 2.26. The molecule has 2 aromatic carbocycles. The van der Waals surface area contributed by atoms with Crippen molar-refractivity contribution in [2.75, 3.05) is 0 Å². The van der Waals surface area contributed by atoms with Crippen LogP contribution in [-0.2, 0) is 24.3 Å². The quantitative estimate of drug-likeness (QED) is 0.691. The van der Waals surface area contributed by atoms with Gasteiger partial charge in [-0.05, 0) is 35.1 Å². The third-order valence-corrected chi connectivity index (χ3v) is 4.54. The molecule has 0 amide bonds. The van der Waals surface area contributed by atoms with Crippen LogP contribution in [0.3, 0.4) is 0 Å². The highest BCUT2D eigenvalue weighted by atomic mass is 32.2. The fraction of sp³-hybridized carbons (Fsp3) is 0.333. The summed E-state index contributed by atoms with van der Waals surface area (Å²) in [5.74, 6) is 2.23. The van der Waals surface area contributed by atoms with Gasteiger partial charge in [0.05, 0.1) is 0 Å². The first-order chi connectivity index (χ1) is 9.35. The van der Waals surface area contributed by atoms with Crippen molar-refractivity contribution in [1.82, 2.24) is 0 Å². The summed E-state index contributed by atoms with van der Waals surface area (Å²) in [5, 5.41) is 0.